The zero-order valence-electron chi connectivity index (χ0n) is 3.72. The Hall–Kier alpha value is -0.730. The number of rotatable bonds is 0. The Kier molecular flexibility index (Phi) is 18.7. The summed E-state index contributed by atoms with van der Waals surface area (Å²) in [6.45, 7) is 0. The molecule has 0 bridgehead atoms. The van der Waals surface area contributed by atoms with Crippen LogP contribution in [-0.4, -0.2) is 20.4 Å². The van der Waals surface area contributed by atoms with Crippen LogP contribution in [0, 0.1) is 0 Å². The van der Waals surface area contributed by atoms with Crippen LogP contribution in [0.25, 0.3) is 0 Å². The highest BCUT2D eigenvalue weighted by Gasteiger charge is 1.88. The van der Waals surface area contributed by atoms with E-state index in [4.69, 9.17) is 0 Å². The van der Waals surface area contributed by atoms with Gasteiger partial charge in [0.15, 0.2) is 0 Å². The van der Waals surface area contributed by atoms with E-state index >= 15 is 0 Å². The third-order valence-electron chi connectivity index (χ3n) is 0.333. The molecule has 0 saturated heterocycles. The van der Waals surface area contributed by atoms with Crippen molar-refractivity contribution in [1.29, 1.82) is 0 Å². The second-order valence-electron chi connectivity index (χ2n) is 0.658. The fourth-order valence-corrected chi connectivity index (χ4v) is 0.0833. The highest BCUT2D eigenvalue weighted by molar-refractivity contribution is 5.59. The Balaban J connectivity index is -0.000000125. The molecule has 0 aliphatic rings. The minimum atomic E-state index is -0.657. The van der Waals surface area contributed by atoms with Crippen LogP contribution >= 0.6 is 0 Å². The van der Waals surface area contributed by atoms with Gasteiger partial charge in [0.25, 0.3) is 0 Å². The smallest absolute Gasteiger partial charge is 0.438 e. The molecule has 0 spiro atoms. The molecule has 52 valence electrons. The first-order valence-corrected chi connectivity index (χ1v) is 1.43. The van der Waals surface area contributed by atoms with Gasteiger partial charge in [-0.25, -0.2) is 4.79 Å². The molecule has 0 unspecified atom stereocenters. The zero-order chi connectivity index (χ0) is 4.99. The lowest BCUT2D eigenvalue weighted by atomic mass is 11.3. The molecule has 0 fully saturated rings. The van der Waals surface area contributed by atoms with Gasteiger partial charge in [0, 0.05) is 0 Å². The second-order valence-corrected chi connectivity index (χ2v) is 0.658. The molecule has 0 amide bonds. The van der Waals surface area contributed by atoms with Crippen LogP contribution in [-0.2, 0) is 9.47 Å². The molecule has 0 rings (SSSR count). The number of methoxy groups -OCH3 is 2. The topological polar surface area (TPSA) is 35.5 Å². The van der Waals surface area contributed by atoms with Crippen molar-refractivity contribution in [3.63, 3.8) is 0 Å². The highest BCUT2D eigenvalue weighted by Crippen LogP contribution is 1.72. The van der Waals surface area contributed by atoms with Crippen LogP contribution in [0.3, 0.4) is 0 Å². The maximum atomic E-state index is 9.74. The molecule has 0 saturated carbocycles. The Morgan fingerprint density at radius 2 is 1.38 bits per heavy atom. The number of hydrogen-bond donors (Lipinski definition) is 0. The number of ether oxygens (including phenoxy) is 2. The summed E-state index contributed by atoms with van der Waals surface area (Å²) in [5.74, 6) is 0. The monoisotopic (exact) mass is 122 g/mol. The molecule has 0 aromatic carbocycles. The van der Waals surface area contributed by atoms with E-state index in [1.54, 1.807) is 0 Å². The van der Waals surface area contributed by atoms with Crippen molar-refractivity contribution in [2.24, 2.45) is 0 Å². The van der Waals surface area contributed by atoms with E-state index in [0.29, 0.717) is 0 Å². The molecule has 0 aliphatic heterocycles. The Morgan fingerprint density at radius 3 is 1.38 bits per heavy atom. The normalized spacial score (nSPS) is 5.25. The summed E-state index contributed by atoms with van der Waals surface area (Å²) in [6, 6.07) is 0. The van der Waals surface area contributed by atoms with E-state index in [9.17, 15) is 4.79 Å². The first-order chi connectivity index (χ1) is 2.81. The van der Waals surface area contributed by atoms with E-state index in [2.05, 4.69) is 9.47 Å². The summed E-state index contributed by atoms with van der Waals surface area (Å²) in [5, 5.41) is 0. The third-order valence-corrected chi connectivity index (χ3v) is 0.333. The Labute approximate surface area is 50.6 Å². The molecule has 0 heterocycles. The average molecular weight is 122 g/mol. The zero-order valence-corrected chi connectivity index (χ0v) is 3.72. The number of carbonyl (C=O) groups excluding carboxylic acids is 1. The first kappa shape index (κ1) is 15.7. The van der Waals surface area contributed by atoms with Gasteiger partial charge in [-0.3, -0.25) is 0 Å². The molecule has 3 heteroatoms. The van der Waals surface area contributed by atoms with Crippen molar-refractivity contribution in [3.8, 4) is 0 Å². The minimum Gasteiger partial charge on any atom is -0.438 e. The summed E-state index contributed by atoms with van der Waals surface area (Å²) in [5.41, 5.74) is 0. The minimum absolute atomic E-state index is 0. The summed E-state index contributed by atoms with van der Waals surface area (Å²) in [4.78, 5) is 9.74. The number of hydrogen-bond acceptors (Lipinski definition) is 3. The largest absolute Gasteiger partial charge is 0.507 e. The Morgan fingerprint density at radius 1 is 1.12 bits per heavy atom. The molecular weight excluding hydrogens is 108 g/mol. The molecule has 0 aromatic heterocycles. The van der Waals surface area contributed by atoms with Gasteiger partial charge in [0.05, 0.1) is 14.2 Å². The predicted molar refractivity (Wildman–Crippen MR) is 32.9 cm³/mol. The van der Waals surface area contributed by atoms with Crippen molar-refractivity contribution in [1.82, 2.24) is 0 Å². The van der Waals surface area contributed by atoms with E-state index in [0.717, 1.165) is 0 Å². The van der Waals surface area contributed by atoms with Gasteiger partial charge in [-0.2, -0.15) is 0 Å². The molecule has 0 aromatic rings. The predicted octanol–water partition coefficient (Wildman–Crippen LogP) is 1.67. The summed E-state index contributed by atoms with van der Waals surface area (Å²) >= 11 is 0. The van der Waals surface area contributed by atoms with Crippen LogP contribution < -0.4 is 0 Å². The van der Waals surface area contributed by atoms with E-state index in [1.165, 1.54) is 14.2 Å². The summed E-state index contributed by atoms with van der Waals surface area (Å²) in [7, 11) is 2.51. The van der Waals surface area contributed by atoms with Gasteiger partial charge in [-0.1, -0.05) is 14.9 Å². The fraction of sp³-hybridized carbons (Fsp3) is 0.800. The second kappa shape index (κ2) is 9.55. The van der Waals surface area contributed by atoms with Gasteiger partial charge < -0.3 is 9.47 Å². The molecule has 0 N–H and O–H groups in total. The maximum absolute atomic E-state index is 9.74. The van der Waals surface area contributed by atoms with Crippen LogP contribution in [0.4, 0.5) is 4.79 Å². The van der Waals surface area contributed by atoms with Gasteiger partial charge >= 0.3 is 6.16 Å². The molecular formula is C5H14O3. The Bertz CT molecular complexity index is 45.6. The van der Waals surface area contributed by atoms with Crippen molar-refractivity contribution in [2.45, 2.75) is 14.9 Å². The SMILES string of the molecule is C.C.COC(=O)OC. The molecule has 0 atom stereocenters. The summed E-state index contributed by atoms with van der Waals surface area (Å²) < 4.78 is 8.08. The van der Waals surface area contributed by atoms with E-state index in [-0.39, 0.29) is 14.9 Å². The van der Waals surface area contributed by atoms with Crippen LogP contribution in [0.5, 0.6) is 0 Å². The van der Waals surface area contributed by atoms with Crippen LogP contribution in [0.2, 0.25) is 0 Å². The molecule has 3 nitrogen and oxygen atoms in total. The standard InChI is InChI=1S/C3H6O3.2CH4/c1-5-3(4)6-2;;/h1-2H3;2*1H4. The van der Waals surface area contributed by atoms with Crippen LogP contribution in [0.1, 0.15) is 14.9 Å². The van der Waals surface area contributed by atoms with E-state index in [1.807, 2.05) is 0 Å². The number of carbonyl (C=O) groups is 1. The highest BCUT2D eigenvalue weighted by atomic mass is 16.7. The van der Waals surface area contributed by atoms with Gasteiger partial charge in [0.2, 0.25) is 0 Å². The van der Waals surface area contributed by atoms with Gasteiger partial charge in [0.1, 0.15) is 0 Å². The summed E-state index contributed by atoms with van der Waals surface area (Å²) in [6.07, 6.45) is -0.657. The lowest BCUT2D eigenvalue weighted by molar-refractivity contribution is 0.0924. The maximum Gasteiger partial charge on any atom is 0.507 e. The molecule has 0 aliphatic carbocycles. The van der Waals surface area contributed by atoms with E-state index < -0.39 is 6.16 Å². The van der Waals surface area contributed by atoms with Gasteiger partial charge in [-0.15, -0.1) is 0 Å². The lowest BCUT2D eigenvalue weighted by Crippen LogP contribution is -1.97. The van der Waals surface area contributed by atoms with Crippen molar-refractivity contribution < 1.29 is 14.3 Å². The van der Waals surface area contributed by atoms with Crippen molar-refractivity contribution >= 4 is 6.16 Å². The fourth-order valence-electron chi connectivity index (χ4n) is 0.0833. The third kappa shape index (κ3) is 8.99. The quantitative estimate of drug-likeness (QED) is 0.458. The van der Waals surface area contributed by atoms with Gasteiger partial charge in [-0.05, 0) is 0 Å². The average Bonchev–Trinajstić information content (AvgIpc) is 1.65. The molecule has 0 radical (unpaired) electrons. The first-order valence-electron chi connectivity index (χ1n) is 1.43. The lowest BCUT2D eigenvalue weighted by Gasteiger charge is -1.89. The molecule has 8 heavy (non-hydrogen) atoms. The van der Waals surface area contributed by atoms with Crippen molar-refractivity contribution in [3.05, 3.63) is 0 Å². The van der Waals surface area contributed by atoms with Crippen LogP contribution in [0.15, 0.2) is 0 Å². The van der Waals surface area contributed by atoms with Crippen molar-refractivity contribution in [2.75, 3.05) is 14.2 Å².